The first kappa shape index (κ1) is 16.2. The third-order valence-corrected chi connectivity index (χ3v) is 3.40. The topological polar surface area (TPSA) is 77.2 Å². The van der Waals surface area contributed by atoms with Crippen molar-refractivity contribution in [3.05, 3.63) is 29.6 Å². The maximum absolute atomic E-state index is 11.5. The van der Waals surface area contributed by atoms with Crippen molar-refractivity contribution >= 4 is 63.1 Å². The molecule has 0 bridgehead atoms. The smallest absolute Gasteiger partial charge is 0.413 e. The molecule has 0 aliphatic carbocycles. The molecule has 1 aromatic carbocycles. The van der Waals surface area contributed by atoms with Gasteiger partial charge in [-0.25, -0.2) is 9.78 Å². The Balaban J connectivity index is 2.01. The Morgan fingerprint density at radius 2 is 2.10 bits per heavy atom. The van der Waals surface area contributed by atoms with Crippen LogP contribution in [-0.4, -0.2) is 21.5 Å². The van der Waals surface area contributed by atoms with Crippen LogP contribution >= 0.6 is 46.1 Å². The number of benzene rings is 1. The van der Waals surface area contributed by atoms with Gasteiger partial charge in [-0.05, 0) is 6.07 Å². The quantitative estimate of drug-likeness (QED) is 0.627. The summed E-state index contributed by atoms with van der Waals surface area (Å²) in [6.45, 7) is -0.354. The van der Waals surface area contributed by atoms with E-state index in [0.717, 1.165) is 5.56 Å². The Hall–Kier alpha value is -1.21. The minimum atomic E-state index is -1.65. The van der Waals surface area contributed by atoms with Crippen LogP contribution < -0.4 is 11.1 Å². The van der Waals surface area contributed by atoms with Crippen molar-refractivity contribution in [1.29, 1.82) is 0 Å². The number of nitrogens with one attached hydrogen (secondary N) is 1. The molecule has 0 atom stereocenters. The summed E-state index contributed by atoms with van der Waals surface area (Å²) in [5.74, 6) is 0. The van der Waals surface area contributed by atoms with E-state index in [1.807, 2.05) is 18.2 Å². The Bertz CT molecular complexity index is 643. The van der Waals surface area contributed by atoms with E-state index in [1.165, 1.54) is 11.3 Å². The highest BCUT2D eigenvalue weighted by Crippen LogP contribution is 2.29. The Kier molecular flexibility index (Phi) is 5.16. The second-order valence-corrected chi connectivity index (χ2v) is 7.32. The van der Waals surface area contributed by atoms with Gasteiger partial charge in [0.25, 0.3) is 0 Å². The van der Waals surface area contributed by atoms with E-state index in [-0.39, 0.29) is 6.61 Å². The van der Waals surface area contributed by atoms with Gasteiger partial charge in [-0.15, -0.1) is 11.3 Å². The number of para-hydroxylation sites is 1. The average molecular weight is 367 g/mol. The summed E-state index contributed by atoms with van der Waals surface area (Å²) < 4.78 is 3.10. The van der Waals surface area contributed by atoms with Crippen LogP contribution in [0.1, 0.15) is 0 Å². The van der Waals surface area contributed by atoms with Crippen LogP contribution in [0.3, 0.4) is 0 Å². The van der Waals surface area contributed by atoms with Gasteiger partial charge in [-0.3, -0.25) is 5.32 Å². The molecule has 0 saturated carbocycles. The van der Waals surface area contributed by atoms with Crippen LogP contribution in [0.2, 0.25) is 0 Å². The number of alkyl halides is 3. The van der Waals surface area contributed by atoms with E-state index in [1.54, 1.807) is 11.4 Å². The number of anilines is 2. The number of hydrogen-bond donors (Lipinski definition) is 2. The fourth-order valence-corrected chi connectivity index (χ4v) is 2.32. The Labute approximate surface area is 140 Å². The molecule has 21 heavy (non-hydrogen) atoms. The number of hydrogen-bond acceptors (Lipinski definition) is 5. The van der Waals surface area contributed by atoms with Crippen LogP contribution in [0.15, 0.2) is 29.6 Å². The molecule has 1 heterocycles. The summed E-state index contributed by atoms with van der Waals surface area (Å²) in [5.41, 5.74) is 7.92. The molecule has 5 nitrogen and oxygen atoms in total. The molecule has 2 rings (SSSR count). The summed E-state index contributed by atoms with van der Waals surface area (Å²) in [6.07, 6.45) is -0.747. The second-order valence-electron chi connectivity index (χ2n) is 3.94. The van der Waals surface area contributed by atoms with Crippen LogP contribution in [0, 0.1) is 0 Å². The number of amides is 1. The van der Waals surface area contributed by atoms with Gasteiger partial charge in [0, 0.05) is 16.6 Å². The molecule has 2 aromatic rings. The fourth-order valence-electron chi connectivity index (χ4n) is 1.46. The molecule has 1 amide bonds. The van der Waals surface area contributed by atoms with E-state index in [0.29, 0.717) is 16.5 Å². The van der Waals surface area contributed by atoms with E-state index < -0.39 is 9.89 Å². The predicted molar refractivity (Wildman–Crippen MR) is 87.2 cm³/mol. The van der Waals surface area contributed by atoms with Gasteiger partial charge in [-0.2, -0.15) is 0 Å². The molecule has 112 valence electrons. The van der Waals surface area contributed by atoms with Gasteiger partial charge in [0.2, 0.25) is 3.79 Å². The third kappa shape index (κ3) is 4.93. The predicted octanol–water partition coefficient (Wildman–Crippen LogP) is 4.31. The first-order valence-electron chi connectivity index (χ1n) is 5.66. The average Bonchev–Trinajstić information content (AvgIpc) is 2.84. The number of thiazole rings is 1. The number of halogens is 3. The van der Waals surface area contributed by atoms with Gasteiger partial charge in [0.15, 0.2) is 5.13 Å². The number of carbonyl (C=O) groups is 1. The van der Waals surface area contributed by atoms with Crippen molar-refractivity contribution < 1.29 is 9.53 Å². The van der Waals surface area contributed by atoms with Crippen molar-refractivity contribution in [2.45, 2.75) is 3.79 Å². The lowest BCUT2D eigenvalue weighted by Crippen LogP contribution is -2.21. The highest BCUT2D eigenvalue weighted by molar-refractivity contribution is 7.14. The third-order valence-electron chi connectivity index (χ3n) is 2.32. The molecule has 0 radical (unpaired) electrons. The van der Waals surface area contributed by atoms with Gasteiger partial charge in [0.05, 0.1) is 5.69 Å². The summed E-state index contributed by atoms with van der Waals surface area (Å²) >= 11 is 17.7. The van der Waals surface area contributed by atoms with Crippen molar-refractivity contribution in [2.75, 3.05) is 17.7 Å². The molecule has 0 aliphatic rings. The molecular weight excluding hydrogens is 357 g/mol. The maximum Gasteiger partial charge on any atom is 0.413 e. The molecule has 1 aromatic heterocycles. The maximum atomic E-state index is 11.5. The summed E-state index contributed by atoms with van der Waals surface area (Å²) in [4.78, 5) is 15.8. The zero-order valence-electron chi connectivity index (χ0n) is 10.5. The lowest BCUT2D eigenvalue weighted by molar-refractivity contribution is 0.164. The number of carbonyl (C=O) groups excluding carboxylic acids is 1. The van der Waals surface area contributed by atoms with Crippen LogP contribution in [0.5, 0.6) is 0 Å². The molecule has 9 heteroatoms. The van der Waals surface area contributed by atoms with Gasteiger partial charge < -0.3 is 10.5 Å². The standard InChI is InChI=1S/C12H10Cl3N3O2S/c13-12(14,15)6-20-11(19)18-10-17-9(5-21-10)7-3-1-2-4-8(7)16/h1-5H,6,16H2,(H,17,18,19). The second kappa shape index (κ2) is 6.70. The van der Waals surface area contributed by atoms with E-state index in [9.17, 15) is 4.79 Å². The zero-order chi connectivity index (χ0) is 15.5. The van der Waals surface area contributed by atoms with Crippen LogP contribution in [0.25, 0.3) is 11.3 Å². The molecule has 0 spiro atoms. The van der Waals surface area contributed by atoms with Crippen molar-refractivity contribution in [2.24, 2.45) is 0 Å². The zero-order valence-corrected chi connectivity index (χ0v) is 13.6. The Morgan fingerprint density at radius 1 is 1.38 bits per heavy atom. The number of ether oxygens (including phenoxy) is 1. The van der Waals surface area contributed by atoms with E-state index in [2.05, 4.69) is 10.3 Å². The molecule has 0 fully saturated rings. The van der Waals surface area contributed by atoms with Crippen LogP contribution in [-0.2, 0) is 4.74 Å². The molecule has 0 unspecified atom stereocenters. The lowest BCUT2D eigenvalue weighted by atomic mass is 10.1. The van der Waals surface area contributed by atoms with Gasteiger partial charge in [0.1, 0.15) is 6.61 Å². The number of nitrogens with zero attached hydrogens (tertiary/aromatic N) is 1. The highest BCUT2D eigenvalue weighted by atomic mass is 35.6. The molecule has 3 N–H and O–H groups in total. The van der Waals surface area contributed by atoms with Crippen molar-refractivity contribution in [1.82, 2.24) is 4.98 Å². The SMILES string of the molecule is Nc1ccccc1-c1csc(NC(=O)OCC(Cl)(Cl)Cl)n1. The van der Waals surface area contributed by atoms with Crippen molar-refractivity contribution in [3.8, 4) is 11.3 Å². The molecule has 0 saturated heterocycles. The first-order valence-corrected chi connectivity index (χ1v) is 7.67. The van der Waals surface area contributed by atoms with E-state index >= 15 is 0 Å². The van der Waals surface area contributed by atoms with Crippen molar-refractivity contribution in [3.63, 3.8) is 0 Å². The first-order chi connectivity index (χ1) is 9.85. The van der Waals surface area contributed by atoms with Gasteiger partial charge >= 0.3 is 6.09 Å². The summed E-state index contributed by atoms with van der Waals surface area (Å²) in [7, 11) is 0. The lowest BCUT2D eigenvalue weighted by Gasteiger charge is -2.10. The summed E-state index contributed by atoms with van der Waals surface area (Å²) in [6, 6.07) is 7.30. The van der Waals surface area contributed by atoms with Crippen LogP contribution in [0.4, 0.5) is 15.6 Å². The minimum Gasteiger partial charge on any atom is -0.445 e. The fraction of sp³-hybridized carbons (Fsp3) is 0.167. The number of nitrogens with two attached hydrogens (primary N) is 1. The monoisotopic (exact) mass is 365 g/mol. The molecular formula is C12H10Cl3N3O2S. The largest absolute Gasteiger partial charge is 0.445 e. The highest BCUT2D eigenvalue weighted by Gasteiger charge is 2.22. The number of rotatable bonds is 3. The summed E-state index contributed by atoms with van der Waals surface area (Å²) in [5, 5.41) is 4.59. The normalized spacial score (nSPS) is 11.2. The molecule has 0 aliphatic heterocycles. The van der Waals surface area contributed by atoms with E-state index in [4.69, 9.17) is 45.3 Å². The van der Waals surface area contributed by atoms with Gasteiger partial charge in [-0.1, -0.05) is 53.0 Å². The number of aromatic nitrogens is 1. The minimum absolute atomic E-state index is 0.354. The number of nitrogen functional groups attached to an aromatic ring is 1. The Morgan fingerprint density at radius 3 is 2.76 bits per heavy atom.